The lowest BCUT2D eigenvalue weighted by molar-refractivity contribution is 0.0985. The van der Waals surface area contributed by atoms with Gasteiger partial charge in [-0.15, -0.1) is 0 Å². The molecule has 5 nitrogen and oxygen atoms in total. The van der Waals surface area contributed by atoms with Gasteiger partial charge in [0.1, 0.15) is 0 Å². The fourth-order valence-electron chi connectivity index (χ4n) is 3.72. The molecule has 0 aromatic heterocycles. The number of rotatable bonds is 3. The van der Waals surface area contributed by atoms with E-state index in [0.717, 1.165) is 30.0 Å². The average Bonchev–Trinajstić information content (AvgIpc) is 3.07. The van der Waals surface area contributed by atoms with E-state index in [1.807, 2.05) is 48.5 Å². The van der Waals surface area contributed by atoms with Crippen LogP contribution in [-0.2, 0) is 4.74 Å². The zero-order chi connectivity index (χ0) is 17.2. The number of morpholine rings is 1. The number of aliphatic hydroxyl groups excluding tert-OH is 1. The van der Waals surface area contributed by atoms with Crippen LogP contribution in [0.15, 0.2) is 48.5 Å². The van der Waals surface area contributed by atoms with Crippen LogP contribution in [0.3, 0.4) is 0 Å². The van der Waals surface area contributed by atoms with E-state index < -0.39 is 0 Å². The molecule has 2 aliphatic heterocycles. The number of fused-ring (bicyclic) bond motifs is 1. The predicted octanol–water partition coefficient (Wildman–Crippen LogP) is 2.26. The number of hydrogen-bond donors (Lipinski definition) is 1. The summed E-state index contributed by atoms with van der Waals surface area (Å²) in [6.45, 7) is 3.52. The van der Waals surface area contributed by atoms with Crippen molar-refractivity contribution in [1.29, 1.82) is 0 Å². The number of anilines is 2. The van der Waals surface area contributed by atoms with Crippen LogP contribution in [-0.4, -0.2) is 50.5 Å². The van der Waals surface area contributed by atoms with Crippen molar-refractivity contribution in [2.75, 3.05) is 49.3 Å². The van der Waals surface area contributed by atoms with Gasteiger partial charge in [0.25, 0.3) is 5.91 Å². The first kappa shape index (κ1) is 16.1. The molecule has 0 radical (unpaired) electrons. The fraction of sp³-hybridized carbons (Fsp3) is 0.350. The lowest BCUT2D eigenvalue weighted by Crippen LogP contribution is -2.38. The highest BCUT2D eigenvalue weighted by atomic mass is 16.5. The second kappa shape index (κ2) is 6.86. The number of aliphatic hydroxyl groups is 1. The number of carbonyl (C=O) groups is 1. The number of hydrogen-bond acceptors (Lipinski definition) is 4. The molecule has 1 fully saturated rings. The van der Waals surface area contributed by atoms with Gasteiger partial charge in [0.15, 0.2) is 0 Å². The van der Waals surface area contributed by atoms with Crippen molar-refractivity contribution in [2.45, 2.75) is 5.92 Å². The van der Waals surface area contributed by atoms with E-state index in [4.69, 9.17) is 4.74 Å². The lowest BCUT2D eigenvalue weighted by atomic mass is 10.0. The summed E-state index contributed by atoms with van der Waals surface area (Å²) in [5.74, 6) is -0.0267. The topological polar surface area (TPSA) is 53.0 Å². The second-order valence-electron chi connectivity index (χ2n) is 6.47. The summed E-state index contributed by atoms with van der Waals surface area (Å²) in [7, 11) is 0. The molecule has 0 aliphatic carbocycles. The van der Waals surface area contributed by atoms with Gasteiger partial charge in [0.2, 0.25) is 0 Å². The van der Waals surface area contributed by atoms with Crippen molar-refractivity contribution in [3.63, 3.8) is 0 Å². The Morgan fingerprint density at radius 2 is 1.72 bits per heavy atom. The van der Waals surface area contributed by atoms with Crippen LogP contribution < -0.4 is 9.80 Å². The highest BCUT2D eigenvalue weighted by Crippen LogP contribution is 2.37. The van der Waals surface area contributed by atoms with Crippen LogP contribution in [0, 0.1) is 0 Å². The molecule has 2 aliphatic rings. The van der Waals surface area contributed by atoms with Gasteiger partial charge in [0.05, 0.1) is 25.4 Å². The Labute approximate surface area is 147 Å². The van der Waals surface area contributed by atoms with Crippen LogP contribution in [0.25, 0.3) is 0 Å². The number of benzene rings is 2. The van der Waals surface area contributed by atoms with E-state index in [1.165, 1.54) is 0 Å². The third kappa shape index (κ3) is 2.90. The first-order valence-corrected chi connectivity index (χ1v) is 8.73. The van der Waals surface area contributed by atoms with E-state index >= 15 is 0 Å². The summed E-state index contributed by atoms with van der Waals surface area (Å²) >= 11 is 0. The van der Waals surface area contributed by atoms with Gasteiger partial charge in [0, 0.05) is 36.9 Å². The van der Waals surface area contributed by atoms with Gasteiger partial charge >= 0.3 is 0 Å². The SMILES string of the molecule is O=C(c1ccccc1N1CCOCC1)N1CC(CO)c2ccccc21. The summed E-state index contributed by atoms with van der Waals surface area (Å²) in [4.78, 5) is 17.3. The van der Waals surface area contributed by atoms with Gasteiger partial charge in [-0.2, -0.15) is 0 Å². The third-order valence-corrected chi connectivity index (χ3v) is 5.02. The smallest absolute Gasteiger partial charge is 0.260 e. The molecule has 0 saturated carbocycles. The zero-order valence-corrected chi connectivity index (χ0v) is 14.1. The summed E-state index contributed by atoms with van der Waals surface area (Å²) in [5.41, 5.74) is 3.61. The van der Waals surface area contributed by atoms with Crippen LogP contribution >= 0.6 is 0 Å². The largest absolute Gasteiger partial charge is 0.396 e. The molecule has 1 saturated heterocycles. The first-order valence-electron chi connectivity index (χ1n) is 8.73. The summed E-state index contributed by atoms with van der Waals surface area (Å²) in [6, 6.07) is 15.6. The molecule has 5 heteroatoms. The van der Waals surface area contributed by atoms with Gasteiger partial charge in [-0.3, -0.25) is 4.79 Å². The zero-order valence-electron chi connectivity index (χ0n) is 14.1. The molecule has 1 atom stereocenters. The average molecular weight is 338 g/mol. The van der Waals surface area contributed by atoms with Crippen LogP contribution in [0.4, 0.5) is 11.4 Å². The maximum Gasteiger partial charge on any atom is 0.260 e. The minimum absolute atomic E-state index is 0.00880. The van der Waals surface area contributed by atoms with Crippen LogP contribution in [0.1, 0.15) is 21.8 Å². The molecule has 25 heavy (non-hydrogen) atoms. The van der Waals surface area contributed by atoms with Crippen molar-refractivity contribution in [3.05, 3.63) is 59.7 Å². The number of amides is 1. The molecule has 1 unspecified atom stereocenters. The van der Waals surface area contributed by atoms with E-state index in [2.05, 4.69) is 4.90 Å². The Kier molecular flexibility index (Phi) is 4.42. The molecule has 130 valence electrons. The standard InChI is InChI=1S/C20H22N2O3/c23-14-15-13-22(19-8-4-1-5-16(15)19)20(24)17-6-2-3-7-18(17)21-9-11-25-12-10-21/h1-8,15,23H,9-14H2. The van der Waals surface area contributed by atoms with Crippen molar-refractivity contribution in [2.24, 2.45) is 0 Å². The normalized spacial score (nSPS) is 19.8. The Balaban J connectivity index is 1.68. The van der Waals surface area contributed by atoms with Crippen LogP contribution in [0.5, 0.6) is 0 Å². The first-order chi connectivity index (χ1) is 12.3. The molecular weight excluding hydrogens is 316 g/mol. The van der Waals surface area contributed by atoms with E-state index in [0.29, 0.717) is 25.3 Å². The molecule has 4 rings (SSSR count). The van der Waals surface area contributed by atoms with Gasteiger partial charge in [-0.1, -0.05) is 30.3 Å². The number of para-hydroxylation sites is 2. The molecule has 2 aromatic rings. The Morgan fingerprint density at radius 3 is 2.48 bits per heavy atom. The molecular formula is C20H22N2O3. The quantitative estimate of drug-likeness (QED) is 0.933. The molecule has 2 aromatic carbocycles. The Bertz CT molecular complexity index is 771. The molecule has 1 amide bonds. The highest BCUT2D eigenvalue weighted by molar-refractivity contribution is 6.10. The summed E-state index contributed by atoms with van der Waals surface area (Å²) in [5, 5.41) is 9.68. The second-order valence-corrected chi connectivity index (χ2v) is 6.47. The molecule has 1 N–H and O–H groups in total. The fourth-order valence-corrected chi connectivity index (χ4v) is 3.72. The minimum Gasteiger partial charge on any atom is -0.396 e. The monoisotopic (exact) mass is 338 g/mol. The predicted molar refractivity (Wildman–Crippen MR) is 97.4 cm³/mol. The van der Waals surface area contributed by atoms with Crippen molar-refractivity contribution < 1.29 is 14.6 Å². The lowest BCUT2D eigenvalue weighted by Gasteiger charge is -2.31. The van der Waals surface area contributed by atoms with Gasteiger partial charge < -0.3 is 19.6 Å². The Hall–Kier alpha value is -2.37. The molecule has 0 bridgehead atoms. The third-order valence-electron chi connectivity index (χ3n) is 5.02. The van der Waals surface area contributed by atoms with Crippen LogP contribution in [0.2, 0.25) is 0 Å². The molecule has 0 spiro atoms. The number of carbonyl (C=O) groups excluding carboxylic acids is 1. The minimum atomic E-state index is -0.0179. The van der Waals surface area contributed by atoms with Gasteiger partial charge in [-0.25, -0.2) is 0 Å². The van der Waals surface area contributed by atoms with Crippen molar-refractivity contribution in [1.82, 2.24) is 0 Å². The van der Waals surface area contributed by atoms with Crippen molar-refractivity contribution >= 4 is 17.3 Å². The molecule has 2 heterocycles. The van der Waals surface area contributed by atoms with E-state index in [9.17, 15) is 9.90 Å². The summed E-state index contributed by atoms with van der Waals surface area (Å²) < 4.78 is 5.43. The highest BCUT2D eigenvalue weighted by Gasteiger charge is 2.33. The van der Waals surface area contributed by atoms with Crippen molar-refractivity contribution in [3.8, 4) is 0 Å². The van der Waals surface area contributed by atoms with E-state index in [1.54, 1.807) is 4.90 Å². The number of nitrogens with zero attached hydrogens (tertiary/aromatic N) is 2. The maximum absolute atomic E-state index is 13.3. The number of ether oxygens (including phenoxy) is 1. The van der Waals surface area contributed by atoms with E-state index in [-0.39, 0.29) is 18.4 Å². The van der Waals surface area contributed by atoms with Gasteiger partial charge in [-0.05, 0) is 23.8 Å². The maximum atomic E-state index is 13.3. The Morgan fingerprint density at radius 1 is 1.04 bits per heavy atom. The summed E-state index contributed by atoms with van der Waals surface area (Å²) in [6.07, 6.45) is 0.